The smallest absolute Gasteiger partial charge is 0.227 e. The Morgan fingerprint density at radius 1 is 1.25 bits per heavy atom. The third kappa shape index (κ3) is 4.92. The second-order valence-electron chi connectivity index (χ2n) is 8.28. The van der Waals surface area contributed by atoms with Gasteiger partial charge in [0.1, 0.15) is 5.82 Å². The molecule has 1 aromatic carbocycles. The number of halogens is 1. The number of aromatic nitrogens is 4. The maximum atomic E-state index is 13.5. The molecule has 1 atom stereocenters. The van der Waals surface area contributed by atoms with Gasteiger partial charge in [0.25, 0.3) is 0 Å². The molecule has 0 aliphatic carbocycles. The van der Waals surface area contributed by atoms with E-state index in [1.165, 1.54) is 12.1 Å². The van der Waals surface area contributed by atoms with Crippen molar-refractivity contribution in [1.82, 2.24) is 25.0 Å². The highest BCUT2D eigenvalue weighted by atomic mass is 19.1. The number of nitrogens with zero attached hydrogens (tertiary/aromatic N) is 6. The Kier molecular flexibility index (Phi) is 6.43. The third-order valence-electron chi connectivity index (χ3n) is 5.64. The molecule has 3 heterocycles. The lowest BCUT2D eigenvalue weighted by Crippen LogP contribution is -2.39. The zero-order valence-electron chi connectivity index (χ0n) is 18.6. The number of amides is 1. The molecule has 3 aromatic rings. The van der Waals surface area contributed by atoms with Crippen molar-refractivity contribution in [3.63, 3.8) is 0 Å². The van der Waals surface area contributed by atoms with Crippen LogP contribution in [-0.2, 0) is 11.2 Å². The number of carbonyl (C=O) groups excluding carboxylic acids is 1. The summed E-state index contributed by atoms with van der Waals surface area (Å²) >= 11 is 0. The molecule has 1 amide bonds. The van der Waals surface area contributed by atoms with Gasteiger partial charge in [-0.1, -0.05) is 17.3 Å². The third-order valence-corrected chi connectivity index (χ3v) is 5.64. The highest BCUT2D eigenvalue weighted by molar-refractivity contribution is 5.76. The zero-order chi connectivity index (χ0) is 22.7. The highest BCUT2D eigenvalue weighted by Gasteiger charge is 2.28. The summed E-state index contributed by atoms with van der Waals surface area (Å²) in [6.45, 7) is 3.06. The van der Waals surface area contributed by atoms with Crippen LogP contribution in [0.1, 0.15) is 42.6 Å². The molecular formula is C23H27FN6O2. The number of carbonyl (C=O) groups is 1. The molecule has 0 bridgehead atoms. The van der Waals surface area contributed by atoms with E-state index in [2.05, 4.69) is 15.1 Å². The van der Waals surface area contributed by atoms with Crippen molar-refractivity contribution in [2.45, 2.75) is 38.5 Å². The van der Waals surface area contributed by atoms with E-state index in [4.69, 9.17) is 9.51 Å². The molecule has 2 aromatic heterocycles. The van der Waals surface area contributed by atoms with E-state index >= 15 is 0 Å². The predicted molar refractivity (Wildman–Crippen MR) is 118 cm³/mol. The van der Waals surface area contributed by atoms with Gasteiger partial charge in [-0.25, -0.2) is 14.4 Å². The van der Waals surface area contributed by atoms with Gasteiger partial charge >= 0.3 is 0 Å². The van der Waals surface area contributed by atoms with Crippen LogP contribution < -0.4 is 4.90 Å². The number of piperidine rings is 1. The van der Waals surface area contributed by atoms with E-state index in [1.54, 1.807) is 25.3 Å². The molecule has 1 saturated heterocycles. The van der Waals surface area contributed by atoms with Crippen LogP contribution in [0.2, 0.25) is 0 Å². The molecule has 9 heteroatoms. The maximum Gasteiger partial charge on any atom is 0.227 e. The molecule has 1 aliphatic rings. The number of benzene rings is 1. The minimum atomic E-state index is -0.285. The second kappa shape index (κ2) is 9.42. The van der Waals surface area contributed by atoms with Crippen molar-refractivity contribution in [3.05, 3.63) is 53.7 Å². The second-order valence-corrected chi connectivity index (χ2v) is 8.28. The molecule has 0 unspecified atom stereocenters. The summed E-state index contributed by atoms with van der Waals surface area (Å²) in [4.78, 5) is 30.1. The average molecular weight is 439 g/mol. The van der Waals surface area contributed by atoms with E-state index in [0.717, 1.165) is 36.2 Å². The molecule has 1 aliphatic heterocycles. The van der Waals surface area contributed by atoms with Crippen LogP contribution in [0.15, 0.2) is 35.0 Å². The monoisotopic (exact) mass is 438 g/mol. The van der Waals surface area contributed by atoms with Gasteiger partial charge in [0, 0.05) is 57.7 Å². The van der Waals surface area contributed by atoms with Gasteiger partial charge < -0.3 is 14.3 Å². The minimum Gasteiger partial charge on any atom is -0.347 e. The number of likely N-dealkylation sites (tertiary alicyclic amines) is 1. The lowest BCUT2D eigenvalue weighted by atomic mass is 9.89. The molecule has 1 fully saturated rings. The number of anilines is 1. The minimum absolute atomic E-state index is 0.0655. The zero-order valence-corrected chi connectivity index (χ0v) is 18.6. The van der Waals surface area contributed by atoms with Gasteiger partial charge in [0.15, 0.2) is 5.82 Å². The number of rotatable bonds is 6. The largest absolute Gasteiger partial charge is 0.347 e. The lowest BCUT2D eigenvalue weighted by Gasteiger charge is -2.33. The van der Waals surface area contributed by atoms with Crippen molar-refractivity contribution < 1.29 is 13.7 Å². The first kappa shape index (κ1) is 21.9. The molecule has 4 rings (SSSR count). The van der Waals surface area contributed by atoms with Gasteiger partial charge in [-0.3, -0.25) is 4.79 Å². The summed E-state index contributed by atoms with van der Waals surface area (Å²) in [5.41, 5.74) is 2.62. The van der Waals surface area contributed by atoms with Crippen molar-refractivity contribution in [3.8, 4) is 11.1 Å². The number of hydrogen-bond acceptors (Lipinski definition) is 7. The van der Waals surface area contributed by atoms with Gasteiger partial charge in [0.2, 0.25) is 17.7 Å². The summed E-state index contributed by atoms with van der Waals surface area (Å²) in [5.74, 6) is 1.51. The van der Waals surface area contributed by atoms with Crippen LogP contribution in [0.4, 0.5) is 10.3 Å². The van der Waals surface area contributed by atoms with Gasteiger partial charge in [0.05, 0.1) is 5.69 Å². The summed E-state index contributed by atoms with van der Waals surface area (Å²) in [6, 6.07) is 6.36. The predicted octanol–water partition coefficient (Wildman–Crippen LogP) is 3.38. The Labute approximate surface area is 186 Å². The van der Waals surface area contributed by atoms with Crippen molar-refractivity contribution in [2.24, 2.45) is 0 Å². The Balaban J connectivity index is 1.55. The number of aryl methyl sites for hydroxylation is 2. The standard InChI is InChI=1S/C23H27FN6O2/c1-15-26-20(32-28-15)10-11-21(31)30-12-4-5-17(14-30)22-19(13-25-23(27-22)29(2)3)16-6-8-18(24)9-7-16/h6-9,13,17H,4-5,10-12,14H2,1-3H3/t17-/m0/s1. The average Bonchev–Trinajstić information content (AvgIpc) is 3.22. The molecule has 0 radical (unpaired) electrons. The summed E-state index contributed by atoms with van der Waals surface area (Å²) in [7, 11) is 3.79. The Morgan fingerprint density at radius 3 is 2.72 bits per heavy atom. The fraction of sp³-hybridized carbons (Fsp3) is 0.435. The summed E-state index contributed by atoms with van der Waals surface area (Å²) in [6.07, 6.45) is 4.36. The van der Waals surface area contributed by atoms with E-state index < -0.39 is 0 Å². The SMILES string of the molecule is Cc1noc(CCC(=O)N2CCC[C@H](c3nc(N(C)C)ncc3-c3ccc(F)cc3)C2)n1. The Bertz CT molecular complexity index is 1080. The fourth-order valence-corrected chi connectivity index (χ4v) is 4.00. The maximum absolute atomic E-state index is 13.5. The van der Waals surface area contributed by atoms with Crippen molar-refractivity contribution >= 4 is 11.9 Å². The topological polar surface area (TPSA) is 88.3 Å². The summed E-state index contributed by atoms with van der Waals surface area (Å²) in [5, 5.41) is 3.77. The molecule has 168 valence electrons. The van der Waals surface area contributed by atoms with Crippen LogP contribution in [0.25, 0.3) is 11.1 Å². The van der Waals surface area contributed by atoms with E-state index in [9.17, 15) is 9.18 Å². The fourth-order valence-electron chi connectivity index (χ4n) is 4.00. The molecule has 8 nitrogen and oxygen atoms in total. The quantitative estimate of drug-likeness (QED) is 0.583. The van der Waals surface area contributed by atoms with Crippen LogP contribution >= 0.6 is 0 Å². The van der Waals surface area contributed by atoms with Crippen LogP contribution in [0.5, 0.6) is 0 Å². The summed E-state index contributed by atoms with van der Waals surface area (Å²) < 4.78 is 18.6. The molecule has 0 saturated carbocycles. The van der Waals surface area contributed by atoms with Crippen LogP contribution in [0, 0.1) is 12.7 Å². The van der Waals surface area contributed by atoms with Gasteiger partial charge in [-0.05, 0) is 37.5 Å². The van der Waals surface area contributed by atoms with E-state index in [0.29, 0.717) is 37.0 Å². The number of hydrogen-bond donors (Lipinski definition) is 0. The Morgan fingerprint density at radius 2 is 2.03 bits per heavy atom. The van der Waals surface area contributed by atoms with Crippen molar-refractivity contribution in [1.29, 1.82) is 0 Å². The lowest BCUT2D eigenvalue weighted by molar-refractivity contribution is -0.132. The van der Waals surface area contributed by atoms with E-state index in [1.807, 2.05) is 23.9 Å². The van der Waals surface area contributed by atoms with Crippen LogP contribution in [0.3, 0.4) is 0 Å². The Hall–Kier alpha value is -3.36. The van der Waals surface area contributed by atoms with E-state index in [-0.39, 0.29) is 17.6 Å². The highest BCUT2D eigenvalue weighted by Crippen LogP contribution is 2.34. The van der Waals surface area contributed by atoms with Crippen molar-refractivity contribution in [2.75, 3.05) is 32.1 Å². The molecule has 0 spiro atoms. The van der Waals surface area contributed by atoms with Gasteiger partial charge in [-0.2, -0.15) is 4.98 Å². The molecular weight excluding hydrogens is 411 g/mol. The molecule has 32 heavy (non-hydrogen) atoms. The first-order valence-electron chi connectivity index (χ1n) is 10.8. The van der Waals surface area contributed by atoms with Crippen LogP contribution in [-0.4, -0.2) is 58.1 Å². The molecule has 0 N–H and O–H groups in total. The normalized spacial score (nSPS) is 16.2. The first-order chi connectivity index (χ1) is 15.4. The van der Waals surface area contributed by atoms with Gasteiger partial charge in [-0.15, -0.1) is 0 Å². The first-order valence-corrected chi connectivity index (χ1v) is 10.8.